The van der Waals surface area contributed by atoms with E-state index in [-0.39, 0.29) is 5.41 Å². The Balaban J connectivity index is 1.70. The van der Waals surface area contributed by atoms with E-state index in [1.165, 1.54) is 16.7 Å². The van der Waals surface area contributed by atoms with E-state index >= 15 is 0 Å². The van der Waals surface area contributed by atoms with E-state index in [9.17, 15) is 8.42 Å². The van der Waals surface area contributed by atoms with E-state index in [0.717, 1.165) is 11.1 Å². The van der Waals surface area contributed by atoms with Crippen LogP contribution in [0.25, 0.3) is 0 Å². The highest BCUT2D eigenvalue weighted by Gasteiger charge is 2.39. The van der Waals surface area contributed by atoms with Gasteiger partial charge in [-0.2, -0.15) is 0 Å². The predicted molar refractivity (Wildman–Crippen MR) is 146 cm³/mol. The Morgan fingerprint density at radius 1 is 0.629 bits per heavy atom. The maximum Gasteiger partial charge on any atom is 0.181 e. The summed E-state index contributed by atoms with van der Waals surface area (Å²) >= 11 is 0. The fourth-order valence-corrected chi connectivity index (χ4v) is 6.60. The molecule has 0 aromatic heterocycles. The average Bonchev–Trinajstić information content (AvgIpc) is 2.87. The Morgan fingerprint density at radius 3 is 1.54 bits per heavy atom. The van der Waals surface area contributed by atoms with Crippen LogP contribution in [0.1, 0.15) is 48.6 Å². The topological polar surface area (TPSA) is 34.1 Å². The zero-order valence-electron chi connectivity index (χ0n) is 21.0. The van der Waals surface area contributed by atoms with Crippen LogP contribution in [0.3, 0.4) is 0 Å². The second kappa shape index (κ2) is 10.2. The van der Waals surface area contributed by atoms with Crippen LogP contribution in [0.2, 0.25) is 0 Å². The molecule has 4 rings (SSSR count). The number of rotatable bonds is 8. The molecule has 4 aromatic carbocycles. The third kappa shape index (κ3) is 4.83. The summed E-state index contributed by atoms with van der Waals surface area (Å²) in [6, 6.07) is 37.0. The van der Waals surface area contributed by atoms with Gasteiger partial charge >= 0.3 is 0 Å². The van der Waals surface area contributed by atoms with Gasteiger partial charge in [0.1, 0.15) is 0 Å². The number of aryl methyl sites for hydroxylation is 1. The second-order valence-corrected chi connectivity index (χ2v) is 12.1. The molecule has 0 radical (unpaired) electrons. The van der Waals surface area contributed by atoms with Crippen molar-refractivity contribution in [1.82, 2.24) is 0 Å². The van der Waals surface area contributed by atoms with E-state index in [0.29, 0.717) is 17.2 Å². The van der Waals surface area contributed by atoms with Gasteiger partial charge in [0.25, 0.3) is 0 Å². The van der Waals surface area contributed by atoms with Crippen molar-refractivity contribution in [2.45, 2.75) is 49.7 Å². The Morgan fingerprint density at radius 2 is 1.09 bits per heavy atom. The van der Waals surface area contributed by atoms with Gasteiger partial charge in [0.15, 0.2) is 9.84 Å². The fraction of sp³-hybridized carbons (Fsp3) is 0.250. The Labute approximate surface area is 210 Å². The Bertz CT molecular complexity index is 1300. The Hall–Kier alpha value is -3.17. The minimum absolute atomic E-state index is 0.305. The van der Waals surface area contributed by atoms with Crippen LogP contribution in [-0.2, 0) is 21.7 Å². The van der Waals surface area contributed by atoms with Crippen LogP contribution in [0.15, 0.2) is 114 Å². The van der Waals surface area contributed by atoms with Gasteiger partial charge in [0, 0.05) is 5.41 Å². The highest BCUT2D eigenvalue weighted by atomic mass is 32.2. The van der Waals surface area contributed by atoms with Gasteiger partial charge in [-0.15, -0.1) is 0 Å². The molecule has 3 heteroatoms. The summed E-state index contributed by atoms with van der Waals surface area (Å²) in [5.41, 5.74) is 5.49. The summed E-state index contributed by atoms with van der Waals surface area (Å²) in [6.07, 6.45) is 0.474. The lowest BCUT2D eigenvalue weighted by molar-refractivity contribution is 0.437. The zero-order chi connectivity index (χ0) is 25.1. The van der Waals surface area contributed by atoms with Crippen LogP contribution in [-0.4, -0.2) is 13.7 Å². The third-order valence-electron chi connectivity index (χ3n) is 7.14. The number of hydrogen-bond acceptors (Lipinski definition) is 2. The van der Waals surface area contributed by atoms with Gasteiger partial charge in [0.05, 0.1) is 10.1 Å². The molecular formula is C32H34O2S. The molecule has 4 aromatic rings. The molecule has 180 valence electrons. The molecule has 0 bridgehead atoms. The Kier molecular flexibility index (Phi) is 7.28. The largest absolute Gasteiger partial charge is 0.223 e. The molecule has 0 heterocycles. The molecule has 0 aliphatic heterocycles. The predicted octanol–water partition coefficient (Wildman–Crippen LogP) is 7.39. The summed E-state index contributed by atoms with van der Waals surface area (Å²) in [5.74, 6) is 0.305. The summed E-state index contributed by atoms with van der Waals surface area (Å²) in [6.45, 7) is 8.30. The maximum absolute atomic E-state index is 13.1. The zero-order valence-corrected chi connectivity index (χ0v) is 21.8. The molecule has 35 heavy (non-hydrogen) atoms. The molecule has 0 spiro atoms. The minimum Gasteiger partial charge on any atom is -0.223 e. The summed E-state index contributed by atoms with van der Waals surface area (Å²) in [7, 11) is -3.39. The van der Waals surface area contributed by atoms with Crippen LogP contribution < -0.4 is 0 Å². The van der Waals surface area contributed by atoms with Gasteiger partial charge in [-0.25, -0.2) is 8.42 Å². The van der Waals surface area contributed by atoms with Gasteiger partial charge in [-0.3, -0.25) is 0 Å². The van der Waals surface area contributed by atoms with Crippen molar-refractivity contribution in [1.29, 1.82) is 0 Å². The van der Waals surface area contributed by atoms with Gasteiger partial charge in [-0.05, 0) is 60.6 Å². The van der Waals surface area contributed by atoms with E-state index in [1.54, 1.807) is 19.1 Å². The third-order valence-corrected chi connectivity index (χ3v) is 9.29. The molecule has 0 aliphatic carbocycles. The maximum atomic E-state index is 13.1. The van der Waals surface area contributed by atoms with Gasteiger partial charge in [-0.1, -0.05) is 116 Å². The van der Waals surface area contributed by atoms with Crippen molar-refractivity contribution in [2.24, 2.45) is 5.92 Å². The van der Waals surface area contributed by atoms with Crippen LogP contribution in [0.5, 0.6) is 0 Å². The molecule has 0 aliphatic rings. The first-order chi connectivity index (χ1) is 16.8. The van der Waals surface area contributed by atoms with Crippen molar-refractivity contribution >= 4 is 9.84 Å². The molecule has 1 atom stereocenters. The van der Waals surface area contributed by atoms with E-state index in [1.807, 2.05) is 19.1 Å². The molecule has 1 unspecified atom stereocenters. The smallest absolute Gasteiger partial charge is 0.181 e. The quantitative estimate of drug-likeness (QED) is 0.245. The average molecular weight is 483 g/mol. The molecule has 0 fully saturated rings. The standard InChI is InChI=1S/C32H34O2S/c1-24(2)32(28-11-7-5-8-12-28,29-13-9-6-10-14-29)30-19-17-27(18-20-30)23-26(4)35(33,34)31-21-15-25(3)16-22-31/h5-22,24,26H,23H2,1-4H3. The van der Waals surface area contributed by atoms with Gasteiger partial charge < -0.3 is 0 Å². The van der Waals surface area contributed by atoms with Crippen LogP contribution in [0, 0.1) is 12.8 Å². The SMILES string of the molecule is Cc1ccc(S(=O)(=O)C(C)Cc2ccc(C(c3ccccc3)(c3ccccc3)C(C)C)cc2)cc1. The molecule has 0 N–H and O–H groups in total. The first-order valence-corrected chi connectivity index (χ1v) is 13.8. The van der Waals surface area contributed by atoms with Crippen LogP contribution in [0.4, 0.5) is 0 Å². The lowest BCUT2D eigenvalue weighted by atomic mass is 9.63. The van der Waals surface area contributed by atoms with Gasteiger partial charge in [0.2, 0.25) is 0 Å². The molecular weight excluding hydrogens is 448 g/mol. The first-order valence-electron chi connectivity index (χ1n) is 12.3. The molecule has 0 saturated heterocycles. The normalized spacial score (nSPS) is 13.1. The van der Waals surface area contributed by atoms with E-state index in [2.05, 4.69) is 98.8 Å². The lowest BCUT2D eigenvalue weighted by Crippen LogP contribution is -2.35. The van der Waals surface area contributed by atoms with Crippen molar-refractivity contribution in [3.63, 3.8) is 0 Å². The number of sulfone groups is 1. The molecule has 2 nitrogen and oxygen atoms in total. The number of hydrogen-bond donors (Lipinski definition) is 0. The second-order valence-electron chi connectivity index (χ2n) is 9.76. The monoisotopic (exact) mass is 482 g/mol. The van der Waals surface area contributed by atoms with E-state index in [4.69, 9.17) is 0 Å². The van der Waals surface area contributed by atoms with E-state index < -0.39 is 15.1 Å². The summed E-state index contributed by atoms with van der Waals surface area (Å²) < 4.78 is 26.3. The fourth-order valence-electron chi connectivity index (χ4n) is 5.21. The summed E-state index contributed by atoms with van der Waals surface area (Å²) in [5, 5.41) is -0.505. The van der Waals surface area contributed by atoms with Crippen molar-refractivity contribution in [2.75, 3.05) is 0 Å². The lowest BCUT2D eigenvalue weighted by Gasteiger charge is -2.40. The molecule has 0 amide bonds. The van der Waals surface area contributed by atoms with Crippen molar-refractivity contribution in [3.8, 4) is 0 Å². The highest BCUT2D eigenvalue weighted by molar-refractivity contribution is 7.92. The minimum atomic E-state index is -3.39. The summed E-state index contributed by atoms with van der Waals surface area (Å²) in [4.78, 5) is 0.388. The van der Waals surface area contributed by atoms with Crippen molar-refractivity contribution in [3.05, 3.63) is 137 Å². The number of benzene rings is 4. The molecule has 0 saturated carbocycles. The van der Waals surface area contributed by atoms with Crippen molar-refractivity contribution < 1.29 is 8.42 Å². The van der Waals surface area contributed by atoms with Crippen LogP contribution >= 0.6 is 0 Å². The highest BCUT2D eigenvalue weighted by Crippen LogP contribution is 2.45. The first kappa shape index (κ1) is 24.9.